The Labute approximate surface area is 186 Å². The van der Waals surface area contributed by atoms with E-state index in [-0.39, 0.29) is 0 Å². The summed E-state index contributed by atoms with van der Waals surface area (Å²) in [6.07, 6.45) is 10.9. The molecule has 0 saturated heterocycles. The van der Waals surface area contributed by atoms with Crippen molar-refractivity contribution >= 4 is 40.6 Å². The monoisotopic (exact) mass is 442 g/mol. The van der Waals surface area contributed by atoms with Crippen LogP contribution in [0, 0.1) is 12.8 Å². The Morgan fingerprint density at radius 2 is 2.00 bits per heavy atom. The number of rotatable bonds is 5. The Morgan fingerprint density at radius 1 is 1.20 bits per heavy atom. The predicted octanol–water partition coefficient (Wildman–Crippen LogP) is 5.85. The van der Waals surface area contributed by atoms with Crippen LogP contribution in [0.5, 0.6) is 0 Å². The minimum absolute atomic E-state index is 0.327. The Morgan fingerprint density at radius 3 is 2.73 bits per heavy atom. The highest BCUT2D eigenvalue weighted by molar-refractivity contribution is 6.47. The number of Topliss-reactive ketones (excluding diaryl/α,β-unsaturated/α-hetero) is 1. The van der Waals surface area contributed by atoms with Crippen LogP contribution < -0.4 is 5.32 Å². The van der Waals surface area contributed by atoms with Gasteiger partial charge in [-0.1, -0.05) is 41.4 Å². The normalized spacial score (nSPS) is 18.0. The number of amides is 1. The van der Waals surface area contributed by atoms with Gasteiger partial charge in [0.05, 0.1) is 5.56 Å². The molecule has 1 aromatic heterocycles. The molecule has 156 valence electrons. The second-order valence-electron chi connectivity index (χ2n) is 7.94. The molecule has 2 aliphatic carbocycles. The number of hydrogen-bond donors (Lipinski definition) is 1. The van der Waals surface area contributed by atoms with Crippen molar-refractivity contribution in [3.05, 3.63) is 75.1 Å². The Hall–Kier alpha value is -2.30. The van der Waals surface area contributed by atoms with Gasteiger partial charge in [0.25, 0.3) is 11.7 Å². The van der Waals surface area contributed by atoms with Gasteiger partial charge < -0.3 is 9.88 Å². The van der Waals surface area contributed by atoms with Crippen LogP contribution in [0.1, 0.15) is 46.6 Å². The van der Waals surface area contributed by atoms with Gasteiger partial charge in [0.1, 0.15) is 0 Å². The van der Waals surface area contributed by atoms with Crippen molar-refractivity contribution in [2.75, 3.05) is 5.32 Å². The molecule has 1 aromatic carbocycles. The summed E-state index contributed by atoms with van der Waals surface area (Å²) in [5.74, 6) is -0.780. The first kappa shape index (κ1) is 21.0. The lowest BCUT2D eigenvalue weighted by Crippen LogP contribution is -2.24. The number of carbonyl (C=O) groups is 2. The Bertz CT molecular complexity index is 1070. The first-order valence-electron chi connectivity index (χ1n) is 10.3. The van der Waals surface area contributed by atoms with Crippen LogP contribution in [0.3, 0.4) is 0 Å². The van der Waals surface area contributed by atoms with Crippen molar-refractivity contribution in [3.63, 3.8) is 0 Å². The molecule has 30 heavy (non-hydrogen) atoms. The predicted molar refractivity (Wildman–Crippen MR) is 121 cm³/mol. The van der Waals surface area contributed by atoms with Crippen LogP contribution in [0.25, 0.3) is 0 Å². The van der Waals surface area contributed by atoms with Crippen LogP contribution in [0.2, 0.25) is 5.02 Å². The third-order valence-corrected chi connectivity index (χ3v) is 6.42. The molecule has 0 saturated carbocycles. The molecule has 1 unspecified atom stereocenters. The number of nitrogens with one attached hydrogen (secondary N) is 1. The van der Waals surface area contributed by atoms with Gasteiger partial charge in [0.2, 0.25) is 0 Å². The standard InChI is InChI=1S/C24H24Cl2N2O2/c1-15-22(23(29)24(30)27-19-6-4-5-18(26)13-19)20-7-2-3-8-21(20)28(15)14-16-9-11-17(25)12-10-16/h4-6,9,11-13,16H,2-3,7-8,10,14H2,1H3,(H,27,30). The van der Waals surface area contributed by atoms with E-state index in [1.54, 1.807) is 24.3 Å². The molecule has 2 aromatic rings. The molecule has 6 heteroatoms. The maximum atomic E-state index is 13.2. The van der Waals surface area contributed by atoms with E-state index in [0.29, 0.717) is 22.2 Å². The molecule has 0 aliphatic heterocycles. The highest BCUT2D eigenvalue weighted by Gasteiger charge is 2.30. The van der Waals surface area contributed by atoms with E-state index in [9.17, 15) is 9.59 Å². The van der Waals surface area contributed by atoms with E-state index in [1.807, 2.05) is 19.1 Å². The highest BCUT2D eigenvalue weighted by Crippen LogP contribution is 2.32. The number of allylic oxidation sites excluding steroid dienone is 4. The molecule has 4 rings (SSSR count). The Balaban J connectivity index is 1.62. The topological polar surface area (TPSA) is 51.1 Å². The van der Waals surface area contributed by atoms with Gasteiger partial charge in [-0.2, -0.15) is 0 Å². The zero-order chi connectivity index (χ0) is 21.3. The third-order valence-electron chi connectivity index (χ3n) is 5.91. The molecule has 4 nitrogen and oxygen atoms in total. The molecule has 1 N–H and O–H groups in total. The number of aromatic nitrogens is 1. The molecule has 0 spiro atoms. The lowest BCUT2D eigenvalue weighted by molar-refractivity contribution is -0.112. The van der Waals surface area contributed by atoms with Crippen LogP contribution in [0.15, 0.2) is 47.5 Å². The zero-order valence-electron chi connectivity index (χ0n) is 16.9. The number of fused-ring (bicyclic) bond motifs is 1. The largest absolute Gasteiger partial charge is 0.347 e. The van der Waals surface area contributed by atoms with E-state index < -0.39 is 11.7 Å². The molecule has 2 aliphatic rings. The second-order valence-corrected chi connectivity index (χ2v) is 8.81. The average Bonchev–Trinajstić information content (AvgIpc) is 3.00. The summed E-state index contributed by atoms with van der Waals surface area (Å²) >= 11 is 12.1. The quantitative estimate of drug-likeness (QED) is 0.466. The second kappa shape index (κ2) is 8.83. The number of halogens is 2. The van der Waals surface area contributed by atoms with Gasteiger partial charge in [-0.3, -0.25) is 9.59 Å². The first-order chi connectivity index (χ1) is 14.4. The molecule has 1 amide bonds. The SMILES string of the molecule is Cc1c(C(=O)C(=O)Nc2cccc(Cl)c2)c2c(n1CC1C=CC(Cl)=CC1)CCCC2. The summed E-state index contributed by atoms with van der Waals surface area (Å²) < 4.78 is 2.25. The molecule has 1 atom stereocenters. The van der Waals surface area contributed by atoms with Gasteiger partial charge in [0.15, 0.2) is 0 Å². The smallest absolute Gasteiger partial charge is 0.296 e. The summed E-state index contributed by atoms with van der Waals surface area (Å²) in [5, 5.41) is 3.97. The first-order valence-corrected chi connectivity index (χ1v) is 11.1. The van der Waals surface area contributed by atoms with E-state index in [2.05, 4.69) is 16.0 Å². The summed E-state index contributed by atoms with van der Waals surface area (Å²) in [7, 11) is 0. The fourth-order valence-electron chi connectivity index (χ4n) is 4.44. The van der Waals surface area contributed by atoms with Crippen molar-refractivity contribution < 1.29 is 9.59 Å². The zero-order valence-corrected chi connectivity index (χ0v) is 18.4. The van der Waals surface area contributed by atoms with Crippen LogP contribution >= 0.6 is 23.2 Å². The summed E-state index contributed by atoms with van der Waals surface area (Å²) in [6.45, 7) is 2.74. The van der Waals surface area contributed by atoms with Gasteiger partial charge in [-0.25, -0.2) is 0 Å². The van der Waals surface area contributed by atoms with E-state index in [4.69, 9.17) is 23.2 Å². The number of ketones is 1. The lowest BCUT2D eigenvalue weighted by Gasteiger charge is -2.21. The van der Waals surface area contributed by atoms with Crippen molar-refractivity contribution in [1.29, 1.82) is 0 Å². The Kier molecular flexibility index (Phi) is 6.16. The fourth-order valence-corrected chi connectivity index (χ4v) is 4.79. The van der Waals surface area contributed by atoms with Gasteiger partial charge in [0, 0.05) is 33.7 Å². The molecular formula is C24H24Cl2N2O2. The number of anilines is 1. The van der Waals surface area contributed by atoms with Crippen LogP contribution in [0.4, 0.5) is 5.69 Å². The molecule has 0 radical (unpaired) electrons. The number of benzene rings is 1. The van der Waals surface area contributed by atoms with Crippen molar-refractivity contribution in [2.45, 2.75) is 45.6 Å². The van der Waals surface area contributed by atoms with E-state index in [0.717, 1.165) is 54.9 Å². The summed E-state index contributed by atoms with van der Waals surface area (Å²) in [6, 6.07) is 6.82. The molecule has 1 heterocycles. The maximum absolute atomic E-state index is 13.2. The van der Waals surface area contributed by atoms with Gasteiger partial charge in [-0.05, 0) is 74.8 Å². The molecule has 0 fully saturated rings. The van der Waals surface area contributed by atoms with Crippen molar-refractivity contribution in [2.24, 2.45) is 5.92 Å². The lowest BCUT2D eigenvalue weighted by atomic mass is 9.92. The number of carbonyl (C=O) groups excluding carboxylic acids is 2. The number of hydrogen-bond acceptors (Lipinski definition) is 2. The van der Waals surface area contributed by atoms with Crippen molar-refractivity contribution in [1.82, 2.24) is 4.57 Å². The summed E-state index contributed by atoms with van der Waals surface area (Å²) in [4.78, 5) is 25.9. The van der Waals surface area contributed by atoms with Crippen LogP contribution in [-0.2, 0) is 24.2 Å². The third kappa shape index (κ3) is 4.26. The van der Waals surface area contributed by atoms with Crippen molar-refractivity contribution in [3.8, 4) is 0 Å². The van der Waals surface area contributed by atoms with Gasteiger partial charge >= 0.3 is 0 Å². The van der Waals surface area contributed by atoms with E-state index in [1.165, 1.54) is 5.69 Å². The average molecular weight is 443 g/mol. The van der Waals surface area contributed by atoms with E-state index >= 15 is 0 Å². The van der Waals surface area contributed by atoms with Gasteiger partial charge in [-0.15, -0.1) is 0 Å². The molecule has 0 bridgehead atoms. The highest BCUT2D eigenvalue weighted by atomic mass is 35.5. The minimum atomic E-state index is -0.627. The molecular weight excluding hydrogens is 419 g/mol. The minimum Gasteiger partial charge on any atom is -0.347 e. The van der Waals surface area contributed by atoms with Crippen LogP contribution in [-0.4, -0.2) is 16.3 Å². The summed E-state index contributed by atoms with van der Waals surface area (Å²) in [5.41, 5.74) is 4.20. The maximum Gasteiger partial charge on any atom is 0.296 e. The fraction of sp³-hybridized carbons (Fsp3) is 0.333. The number of nitrogens with zero attached hydrogens (tertiary/aromatic N) is 1.